The van der Waals surface area contributed by atoms with Crippen LogP contribution in [0.2, 0.25) is 0 Å². The molecule has 0 saturated carbocycles. The lowest BCUT2D eigenvalue weighted by Crippen LogP contribution is -2.46. The average molecular weight is 170 g/mol. The van der Waals surface area contributed by atoms with Crippen molar-refractivity contribution in [2.45, 2.75) is 6.92 Å². The number of rotatable bonds is 3. The van der Waals surface area contributed by atoms with E-state index in [1.165, 1.54) is 6.92 Å². The van der Waals surface area contributed by atoms with Gasteiger partial charge in [0.2, 0.25) is 5.91 Å². The number of hydrogen-bond acceptors (Lipinski definition) is 2. The maximum atomic E-state index is 10.6. The predicted octanol–water partition coefficient (Wildman–Crippen LogP) is -0.389. The zero-order valence-electron chi connectivity index (χ0n) is 7.71. The largest absolute Gasteiger partial charge is 0.351 e. The molecule has 1 amide bonds. The second kappa shape index (κ2) is 3.67. The number of likely N-dealkylation sites (N-methyl/N-ethyl adjacent to an activating group) is 1. The van der Waals surface area contributed by atoms with Gasteiger partial charge >= 0.3 is 0 Å². The molecule has 0 aromatic rings. The minimum Gasteiger partial charge on any atom is -0.351 e. The highest BCUT2D eigenvalue weighted by molar-refractivity contribution is 5.72. The van der Waals surface area contributed by atoms with Crippen molar-refractivity contribution in [2.75, 3.05) is 33.2 Å². The average Bonchev–Trinajstić information content (AvgIpc) is 2.35. The molecule has 0 fully saturated rings. The highest BCUT2D eigenvalue weighted by atomic mass is 16.1. The molecule has 4 nitrogen and oxygen atoms in total. The number of carbonyl (C=O) groups is 1. The van der Waals surface area contributed by atoms with Gasteiger partial charge in [-0.25, -0.2) is 4.99 Å². The molecule has 1 aliphatic heterocycles. The summed E-state index contributed by atoms with van der Waals surface area (Å²) >= 11 is 0. The van der Waals surface area contributed by atoms with E-state index < -0.39 is 0 Å². The molecule has 1 unspecified atom stereocenters. The van der Waals surface area contributed by atoms with Crippen LogP contribution in [0.4, 0.5) is 0 Å². The lowest BCUT2D eigenvalue weighted by molar-refractivity contribution is -0.805. The number of aliphatic imine (C=N–C) groups is 1. The van der Waals surface area contributed by atoms with Gasteiger partial charge in [0.05, 0.1) is 20.1 Å². The summed E-state index contributed by atoms with van der Waals surface area (Å²) in [5.74, 6) is 0.0396. The summed E-state index contributed by atoms with van der Waals surface area (Å²) in [6, 6.07) is 0. The molecule has 0 bridgehead atoms. The predicted molar refractivity (Wildman–Crippen MR) is 48.0 cm³/mol. The molecule has 4 heteroatoms. The molecule has 0 aromatic carbocycles. The number of carbonyl (C=O) groups excluding carboxylic acids is 1. The lowest BCUT2D eigenvalue weighted by Gasteiger charge is -2.24. The van der Waals surface area contributed by atoms with Crippen LogP contribution in [0.25, 0.3) is 0 Å². The lowest BCUT2D eigenvalue weighted by atomic mass is 10.4. The van der Waals surface area contributed by atoms with Gasteiger partial charge in [-0.2, -0.15) is 0 Å². The molecule has 0 spiro atoms. The van der Waals surface area contributed by atoms with Crippen LogP contribution in [-0.2, 0) is 4.79 Å². The van der Waals surface area contributed by atoms with Crippen molar-refractivity contribution in [3.8, 4) is 0 Å². The number of hydrogen-bond donors (Lipinski definition) is 1. The van der Waals surface area contributed by atoms with Gasteiger partial charge in [0.15, 0.2) is 6.34 Å². The minimum absolute atomic E-state index is 0.0396. The summed E-state index contributed by atoms with van der Waals surface area (Å²) in [6.45, 7) is 5.18. The van der Waals surface area contributed by atoms with E-state index in [1.807, 2.05) is 6.34 Å². The third-order valence-electron chi connectivity index (χ3n) is 2.10. The molecule has 1 heterocycles. The second-order valence-electron chi connectivity index (χ2n) is 3.43. The van der Waals surface area contributed by atoms with Crippen molar-refractivity contribution < 1.29 is 9.28 Å². The smallest absolute Gasteiger partial charge is 0.217 e. The Hall–Kier alpha value is -0.900. The molecule has 0 radical (unpaired) electrons. The molecule has 0 aromatic heterocycles. The third-order valence-corrected chi connectivity index (χ3v) is 2.10. The van der Waals surface area contributed by atoms with Gasteiger partial charge in [-0.1, -0.05) is 0 Å². The van der Waals surface area contributed by atoms with Crippen LogP contribution in [0.15, 0.2) is 4.99 Å². The molecule has 1 N–H and O–H groups in total. The van der Waals surface area contributed by atoms with Gasteiger partial charge in [-0.15, -0.1) is 0 Å². The summed E-state index contributed by atoms with van der Waals surface area (Å²) in [7, 11) is 2.12. The van der Waals surface area contributed by atoms with E-state index in [2.05, 4.69) is 17.4 Å². The van der Waals surface area contributed by atoms with E-state index in [9.17, 15) is 4.79 Å². The van der Waals surface area contributed by atoms with Gasteiger partial charge in [0.25, 0.3) is 0 Å². The fraction of sp³-hybridized carbons (Fsp3) is 0.750. The Morgan fingerprint density at radius 3 is 3.00 bits per heavy atom. The van der Waals surface area contributed by atoms with Crippen LogP contribution in [0, 0.1) is 0 Å². The van der Waals surface area contributed by atoms with Gasteiger partial charge in [0, 0.05) is 6.92 Å². The Bertz CT molecular complexity index is 202. The van der Waals surface area contributed by atoms with E-state index in [0.717, 1.165) is 30.7 Å². The van der Waals surface area contributed by atoms with Crippen molar-refractivity contribution in [3.05, 3.63) is 0 Å². The Labute approximate surface area is 72.9 Å². The quantitative estimate of drug-likeness (QED) is 0.576. The first-order chi connectivity index (χ1) is 5.62. The summed E-state index contributed by atoms with van der Waals surface area (Å²) in [4.78, 5) is 14.7. The molecular formula is C8H16N3O+. The first kappa shape index (κ1) is 9.19. The molecule has 0 saturated heterocycles. The zero-order chi connectivity index (χ0) is 9.03. The molecule has 0 aliphatic carbocycles. The highest BCUT2D eigenvalue weighted by Gasteiger charge is 2.22. The summed E-state index contributed by atoms with van der Waals surface area (Å²) < 4.78 is 0.848. The van der Waals surface area contributed by atoms with Gasteiger partial charge in [0.1, 0.15) is 13.1 Å². The Morgan fingerprint density at radius 2 is 2.50 bits per heavy atom. The summed E-state index contributed by atoms with van der Waals surface area (Å²) in [5, 5.41) is 2.78. The monoisotopic (exact) mass is 170 g/mol. The van der Waals surface area contributed by atoms with Gasteiger partial charge in [-0.05, 0) is 0 Å². The van der Waals surface area contributed by atoms with E-state index in [-0.39, 0.29) is 5.91 Å². The second-order valence-corrected chi connectivity index (χ2v) is 3.43. The highest BCUT2D eigenvalue weighted by Crippen LogP contribution is 2.02. The Morgan fingerprint density at radius 1 is 1.75 bits per heavy atom. The van der Waals surface area contributed by atoms with E-state index in [1.54, 1.807) is 0 Å². The van der Waals surface area contributed by atoms with Crippen LogP contribution in [0.3, 0.4) is 0 Å². The minimum atomic E-state index is 0.0396. The molecule has 1 rings (SSSR count). The van der Waals surface area contributed by atoms with E-state index in [0.29, 0.717) is 0 Å². The van der Waals surface area contributed by atoms with Gasteiger partial charge in [-0.3, -0.25) is 9.28 Å². The number of nitrogens with one attached hydrogen (secondary N) is 1. The fourth-order valence-corrected chi connectivity index (χ4v) is 1.26. The molecule has 1 aliphatic rings. The number of nitrogens with zero attached hydrogens (tertiary/aromatic N) is 2. The molecule has 12 heavy (non-hydrogen) atoms. The maximum Gasteiger partial charge on any atom is 0.217 e. The van der Waals surface area contributed by atoms with Crippen LogP contribution in [-0.4, -0.2) is 50.0 Å². The van der Waals surface area contributed by atoms with Crippen molar-refractivity contribution in [3.63, 3.8) is 0 Å². The fourth-order valence-electron chi connectivity index (χ4n) is 1.26. The van der Waals surface area contributed by atoms with Crippen molar-refractivity contribution >= 4 is 12.2 Å². The zero-order valence-corrected chi connectivity index (χ0v) is 7.71. The Balaban J connectivity index is 2.22. The van der Waals surface area contributed by atoms with Gasteiger partial charge < -0.3 is 5.32 Å². The van der Waals surface area contributed by atoms with Crippen molar-refractivity contribution in [2.24, 2.45) is 4.99 Å². The third kappa shape index (κ3) is 2.62. The summed E-state index contributed by atoms with van der Waals surface area (Å²) in [5.41, 5.74) is 0. The maximum absolute atomic E-state index is 10.6. The molecular weight excluding hydrogens is 154 g/mol. The van der Waals surface area contributed by atoms with Crippen molar-refractivity contribution in [1.29, 1.82) is 0 Å². The van der Waals surface area contributed by atoms with E-state index >= 15 is 0 Å². The van der Waals surface area contributed by atoms with Crippen LogP contribution in [0.1, 0.15) is 6.92 Å². The van der Waals surface area contributed by atoms with Crippen LogP contribution >= 0.6 is 0 Å². The number of amides is 1. The van der Waals surface area contributed by atoms with Crippen LogP contribution in [0.5, 0.6) is 0 Å². The first-order valence-electron chi connectivity index (χ1n) is 4.22. The number of quaternary nitrogens is 1. The molecule has 68 valence electrons. The van der Waals surface area contributed by atoms with E-state index in [4.69, 9.17) is 0 Å². The van der Waals surface area contributed by atoms with Crippen molar-refractivity contribution in [1.82, 2.24) is 5.32 Å². The first-order valence-corrected chi connectivity index (χ1v) is 4.22. The standard InChI is InChI=1S/C8H15N3O/c1-8(12)10-4-6-11(2)5-3-9-7-11/h7H,3-6H2,1-2H3/p+1. The van der Waals surface area contributed by atoms with Crippen LogP contribution < -0.4 is 5.32 Å². The SMILES string of the molecule is CC(=O)NCC[N+]1(C)C=NCC1. The topological polar surface area (TPSA) is 41.5 Å². The normalized spacial score (nSPS) is 27.5. The Kier molecular flexibility index (Phi) is 2.81. The molecule has 1 atom stereocenters. The summed E-state index contributed by atoms with van der Waals surface area (Å²) in [6.07, 6.45) is 1.96.